The SMILES string of the molecule is CC(OC(=O)CCOC(=O)CC(=O)O)OC(=O)O[C@@](Cn1cncn1)(c1ccc(F)cc1F)[C@@H](C)SC1COC(/C=C/C=C/c2ccc(C#N)cc2F)OC1. The molecule has 292 valence electrons. The number of carbonyl (C=O) groups is 4. The zero-order chi connectivity index (χ0) is 40.0. The molecule has 2 heterocycles. The number of nitriles is 1. The highest BCUT2D eigenvalue weighted by Crippen LogP contribution is 2.42. The number of aliphatic carboxylic acids is 1. The fourth-order valence-corrected chi connectivity index (χ4v) is 6.49. The van der Waals surface area contributed by atoms with Crippen molar-refractivity contribution in [1.29, 1.82) is 5.26 Å². The first-order valence-electron chi connectivity index (χ1n) is 16.5. The third kappa shape index (κ3) is 12.7. The number of carbonyl (C=O) groups excluding carboxylic acids is 3. The average Bonchev–Trinajstić information content (AvgIpc) is 3.63. The number of carboxylic acids is 1. The summed E-state index contributed by atoms with van der Waals surface area (Å²) < 4.78 is 77.6. The second-order valence-corrected chi connectivity index (χ2v) is 13.3. The highest BCUT2D eigenvalue weighted by molar-refractivity contribution is 8.00. The largest absolute Gasteiger partial charge is 0.512 e. The van der Waals surface area contributed by atoms with E-state index in [1.165, 1.54) is 54.2 Å². The molecule has 3 atom stereocenters. The van der Waals surface area contributed by atoms with Crippen LogP contribution in [0.4, 0.5) is 18.0 Å². The van der Waals surface area contributed by atoms with Crippen molar-refractivity contribution in [2.24, 2.45) is 0 Å². The molecule has 2 aromatic carbocycles. The summed E-state index contributed by atoms with van der Waals surface area (Å²) in [6.45, 7) is 2.25. The van der Waals surface area contributed by atoms with Gasteiger partial charge in [0.25, 0.3) is 0 Å². The minimum Gasteiger partial charge on any atom is -0.481 e. The number of halogens is 3. The smallest absolute Gasteiger partial charge is 0.481 e. The average molecular weight is 789 g/mol. The highest BCUT2D eigenvalue weighted by atomic mass is 32.2. The van der Waals surface area contributed by atoms with E-state index in [1.807, 2.05) is 6.07 Å². The van der Waals surface area contributed by atoms with E-state index in [9.17, 15) is 28.0 Å². The van der Waals surface area contributed by atoms with Gasteiger partial charge in [-0.05, 0) is 37.3 Å². The predicted molar refractivity (Wildman–Crippen MR) is 185 cm³/mol. The molecule has 1 fully saturated rings. The molecule has 1 N–H and O–H groups in total. The Bertz CT molecular complexity index is 1920. The minimum absolute atomic E-state index is 0.131. The lowest BCUT2D eigenvalue weighted by Crippen LogP contribution is -2.47. The predicted octanol–water partition coefficient (Wildman–Crippen LogP) is 5.05. The third-order valence-corrected chi connectivity index (χ3v) is 9.12. The van der Waals surface area contributed by atoms with E-state index in [0.29, 0.717) is 6.07 Å². The van der Waals surface area contributed by atoms with E-state index in [1.54, 1.807) is 25.2 Å². The normalized spacial score (nSPS) is 17.8. The van der Waals surface area contributed by atoms with E-state index in [-0.39, 0.29) is 36.4 Å². The fourth-order valence-electron chi connectivity index (χ4n) is 5.12. The summed E-state index contributed by atoms with van der Waals surface area (Å²) in [5, 5.41) is 20.4. The molecular formula is C36H35F3N4O11S. The van der Waals surface area contributed by atoms with Crippen LogP contribution in [0.1, 0.15) is 43.4 Å². The second-order valence-electron chi connectivity index (χ2n) is 11.7. The maximum Gasteiger partial charge on any atom is 0.512 e. The zero-order valence-corrected chi connectivity index (χ0v) is 30.2. The van der Waals surface area contributed by atoms with Crippen molar-refractivity contribution in [3.63, 3.8) is 0 Å². The summed E-state index contributed by atoms with van der Waals surface area (Å²) in [5.41, 5.74) is -1.72. The molecule has 1 aromatic heterocycles. The molecule has 4 rings (SSSR count). The number of nitrogens with zero attached hydrogens (tertiary/aromatic N) is 4. The molecule has 15 nitrogen and oxygen atoms in total. The van der Waals surface area contributed by atoms with Crippen LogP contribution in [0.25, 0.3) is 6.08 Å². The van der Waals surface area contributed by atoms with Gasteiger partial charge in [0.15, 0.2) is 11.9 Å². The van der Waals surface area contributed by atoms with Crippen molar-refractivity contribution in [1.82, 2.24) is 14.8 Å². The number of hydrogen-bond donors (Lipinski definition) is 1. The number of hydrogen-bond acceptors (Lipinski definition) is 14. The molecule has 1 unspecified atom stereocenters. The van der Waals surface area contributed by atoms with Crippen LogP contribution in [0.15, 0.2) is 67.3 Å². The van der Waals surface area contributed by atoms with Gasteiger partial charge < -0.3 is 33.5 Å². The summed E-state index contributed by atoms with van der Waals surface area (Å²) in [5.74, 6) is -5.93. The third-order valence-electron chi connectivity index (χ3n) is 7.67. The van der Waals surface area contributed by atoms with Crippen LogP contribution in [-0.4, -0.2) is 86.8 Å². The van der Waals surface area contributed by atoms with E-state index >= 15 is 4.39 Å². The molecule has 0 radical (unpaired) electrons. The van der Waals surface area contributed by atoms with Crippen LogP contribution >= 0.6 is 11.8 Å². The van der Waals surface area contributed by atoms with Gasteiger partial charge in [-0.3, -0.25) is 14.4 Å². The molecule has 0 spiro atoms. The van der Waals surface area contributed by atoms with E-state index in [4.69, 9.17) is 34.1 Å². The van der Waals surface area contributed by atoms with Crippen molar-refractivity contribution in [2.75, 3.05) is 19.8 Å². The van der Waals surface area contributed by atoms with Gasteiger partial charge in [0.05, 0.1) is 43.1 Å². The van der Waals surface area contributed by atoms with Crippen molar-refractivity contribution < 1.29 is 65.9 Å². The van der Waals surface area contributed by atoms with E-state index in [0.717, 1.165) is 18.2 Å². The summed E-state index contributed by atoms with van der Waals surface area (Å²) in [6.07, 6.45) is 3.70. The Balaban J connectivity index is 1.45. The Morgan fingerprint density at radius 1 is 1.07 bits per heavy atom. The molecule has 0 saturated carbocycles. The maximum atomic E-state index is 15.6. The van der Waals surface area contributed by atoms with Gasteiger partial charge in [0.1, 0.15) is 43.1 Å². The monoisotopic (exact) mass is 788 g/mol. The minimum atomic E-state index is -1.96. The number of allylic oxidation sites excluding steroid dienone is 2. The van der Waals surface area contributed by atoms with Crippen LogP contribution < -0.4 is 0 Å². The molecule has 55 heavy (non-hydrogen) atoms. The van der Waals surface area contributed by atoms with Crippen LogP contribution in [0.2, 0.25) is 0 Å². The molecule has 0 amide bonds. The maximum absolute atomic E-state index is 15.6. The first kappa shape index (κ1) is 42.0. The first-order valence-corrected chi connectivity index (χ1v) is 17.4. The van der Waals surface area contributed by atoms with Crippen LogP contribution in [0, 0.1) is 28.8 Å². The Hall–Kier alpha value is -5.71. The number of thioether (sulfide) groups is 1. The lowest BCUT2D eigenvalue weighted by atomic mass is 9.89. The van der Waals surface area contributed by atoms with Gasteiger partial charge in [0, 0.05) is 29.4 Å². The van der Waals surface area contributed by atoms with Crippen molar-refractivity contribution in [3.05, 3.63) is 101 Å². The number of benzene rings is 2. The van der Waals surface area contributed by atoms with Gasteiger partial charge in [0.2, 0.25) is 6.29 Å². The number of ether oxygens (including phenoxy) is 6. The Kier molecular flexibility index (Phi) is 15.4. The topological polar surface area (TPSA) is 198 Å². The molecule has 1 aliphatic heterocycles. The van der Waals surface area contributed by atoms with Crippen molar-refractivity contribution in [3.8, 4) is 6.07 Å². The zero-order valence-electron chi connectivity index (χ0n) is 29.3. The number of carboxylic acid groups (broad SMARTS) is 1. The number of rotatable bonds is 17. The number of aromatic nitrogens is 3. The van der Waals surface area contributed by atoms with Gasteiger partial charge in [-0.2, -0.15) is 10.4 Å². The van der Waals surface area contributed by atoms with Crippen LogP contribution in [-0.2, 0) is 55.0 Å². The lowest BCUT2D eigenvalue weighted by molar-refractivity contribution is -0.173. The second kappa shape index (κ2) is 20.1. The molecule has 1 aliphatic rings. The number of esters is 2. The molecule has 0 aliphatic carbocycles. The quantitative estimate of drug-likeness (QED) is 0.0627. The Morgan fingerprint density at radius 2 is 1.84 bits per heavy atom. The molecular weight excluding hydrogens is 753 g/mol. The molecule has 1 saturated heterocycles. The van der Waals surface area contributed by atoms with Gasteiger partial charge >= 0.3 is 24.1 Å². The van der Waals surface area contributed by atoms with Gasteiger partial charge in [-0.25, -0.2) is 27.6 Å². The molecule has 3 aromatic rings. The van der Waals surface area contributed by atoms with E-state index < -0.39 is 89.6 Å². The summed E-state index contributed by atoms with van der Waals surface area (Å²) in [6, 6.07) is 8.71. The van der Waals surface area contributed by atoms with Crippen molar-refractivity contribution >= 4 is 41.9 Å². The van der Waals surface area contributed by atoms with Gasteiger partial charge in [-0.15, -0.1) is 11.8 Å². The highest BCUT2D eigenvalue weighted by Gasteiger charge is 2.47. The fraction of sp³-hybridized carbons (Fsp3) is 0.361. The standard InChI is InChI=1S/C36H35F3N4O11S/c1-22(55-27-17-50-34(51-18-27)6-4-3-5-25-8-7-24(16-40)13-29(25)38)36(19-43-21-41-20-42-43,28-10-9-26(37)14-30(28)39)54-35(48)53-23(2)52-32(46)11-12-49-33(47)15-31(44)45/h3-10,13-14,20-23,27,34H,11-12,15,17-19H2,1-2H3,(H,44,45)/b5-3+,6-4+/t22-,23?,27?,34?,36-/m1/s1. The van der Waals surface area contributed by atoms with Crippen LogP contribution in [0.5, 0.6) is 0 Å². The first-order chi connectivity index (χ1) is 26.3. The Labute approximate surface area is 316 Å². The van der Waals surface area contributed by atoms with E-state index in [2.05, 4.69) is 14.8 Å². The Morgan fingerprint density at radius 3 is 2.49 bits per heavy atom. The summed E-state index contributed by atoms with van der Waals surface area (Å²) in [4.78, 5) is 51.4. The van der Waals surface area contributed by atoms with Crippen LogP contribution in [0.3, 0.4) is 0 Å². The lowest BCUT2D eigenvalue weighted by Gasteiger charge is -2.40. The molecule has 19 heteroatoms. The molecule has 0 bridgehead atoms. The van der Waals surface area contributed by atoms with Crippen molar-refractivity contribution in [2.45, 2.75) is 61.9 Å². The summed E-state index contributed by atoms with van der Waals surface area (Å²) in [7, 11) is 0. The summed E-state index contributed by atoms with van der Waals surface area (Å²) >= 11 is 1.20. The van der Waals surface area contributed by atoms with Gasteiger partial charge in [-0.1, -0.05) is 24.3 Å².